The molecule has 0 rings (SSSR count). The molecule has 0 amide bonds. The van der Waals surface area contributed by atoms with Crippen LogP contribution in [0.15, 0.2) is 0 Å². The van der Waals surface area contributed by atoms with Gasteiger partial charge in [-0.05, 0) is 6.42 Å². The van der Waals surface area contributed by atoms with Crippen LogP contribution in [0.25, 0.3) is 0 Å². The van der Waals surface area contributed by atoms with E-state index < -0.39 is 11.6 Å². The van der Waals surface area contributed by atoms with Crippen LogP contribution in [0.2, 0.25) is 0 Å². The fourth-order valence-electron chi connectivity index (χ4n) is 0.407. The number of carboxylic acid groups (broad SMARTS) is 1. The predicted octanol–water partition coefficient (Wildman–Crippen LogP) is -1.34. The maximum absolute atomic E-state index is 10.0. The molecular weight excluding hydrogens is 136 g/mol. The van der Waals surface area contributed by atoms with Crippen LogP contribution in [0.4, 0.5) is 0 Å². The quantitative estimate of drug-likeness (QED) is 0.431. The van der Waals surface area contributed by atoms with Crippen LogP contribution in [-0.4, -0.2) is 22.2 Å². The first-order valence-electron chi connectivity index (χ1n) is 2.77. The van der Waals surface area contributed by atoms with Gasteiger partial charge in [0.2, 0.25) is 0 Å². The number of carboxylic acids is 1. The molecule has 0 spiro atoms. The molecule has 0 saturated heterocycles. The van der Waals surface area contributed by atoms with Crippen LogP contribution < -0.4 is 11.5 Å². The Morgan fingerprint density at radius 3 is 2.10 bits per heavy atom. The molecule has 0 aliphatic rings. The van der Waals surface area contributed by atoms with Crippen molar-refractivity contribution < 1.29 is 15.4 Å². The highest BCUT2D eigenvalue weighted by molar-refractivity contribution is 5.68. The molecule has 0 aromatic heterocycles. The van der Waals surface area contributed by atoms with E-state index in [0.29, 0.717) is 6.42 Å². The number of nitrogens with two attached hydrogens (primary N) is 2. The number of hydrogen-bond donors (Lipinski definition) is 3. The second-order valence-electron chi connectivity index (χ2n) is 2.16. The van der Waals surface area contributed by atoms with Gasteiger partial charge in [-0.1, -0.05) is 6.92 Å². The average molecular weight is 150 g/mol. The summed E-state index contributed by atoms with van der Waals surface area (Å²) in [6, 6.07) is 0. The smallest absolute Gasteiger partial charge is 0.306 e. The topological polar surface area (TPSA) is 121 Å². The summed E-state index contributed by atoms with van der Waals surface area (Å²) in [7, 11) is 0. The minimum Gasteiger partial charge on any atom is -0.481 e. The lowest BCUT2D eigenvalue weighted by Gasteiger charge is -2.19. The maximum Gasteiger partial charge on any atom is 0.306 e. The molecule has 0 aromatic carbocycles. The monoisotopic (exact) mass is 150 g/mol. The van der Waals surface area contributed by atoms with Gasteiger partial charge in [0, 0.05) is 0 Å². The third-order valence-electron chi connectivity index (χ3n) is 1.14. The van der Waals surface area contributed by atoms with Crippen molar-refractivity contribution in [3.05, 3.63) is 0 Å². The maximum atomic E-state index is 10.0. The van der Waals surface area contributed by atoms with Crippen LogP contribution in [0.3, 0.4) is 0 Å². The second-order valence-corrected chi connectivity index (χ2v) is 2.16. The van der Waals surface area contributed by atoms with Gasteiger partial charge in [0.05, 0.1) is 12.1 Å². The molecule has 0 aromatic rings. The van der Waals surface area contributed by atoms with Crippen molar-refractivity contribution in [3.8, 4) is 0 Å². The van der Waals surface area contributed by atoms with Crippen molar-refractivity contribution in [2.75, 3.05) is 0 Å². The SMILES string of the molecule is CCC(N)(N)CC(=O)O.O. The Hall–Kier alpha value is -0.650. The standard InChI is InChI=1S/C5H12N2O2.H2O/c1-2-5(6,7)3-4(8)9;/h2-3,6-7H2,1H3,(H,8,9);1H2. The fourth-order valence-corrected chi connectivity index (χ4v) is 0.407. The molecule has 0 heterocycles. The number of aliphatic carboxylic acids is 1. The van der Waals surface area contributed by atoms with Gasteiger partial charge in [-0.15, -0.1) is 0 Å². The van der Waals surface area contributed by atoms with Crippen LogP contribution in [0.5, 0.6) is 0 Å². The van der Waals surface area contributed by atoms with E-state index in [1.54, 1.807) is 6.92 Å². The molecule has 0 radical (unpaired) electrons. The van der Waals surface area contributed by atoms with Gasteiger partial charge in [-0.3, -0.25) is 4.79 Å². The lowest BCUT2D eigenvalue weighted by molar-refractivity contribution is -0.138. The summed E-state index contributed by atoms with van der Waals surface area (Å²) in [5.41, 5.74) is 9.59. The van der Waals surface area contributed by atoms with Gasteiger partial charge in [0.25, 0.3) is 0 Å². The molecule has 7 N–H and O–H groups in total. The van der Waals surface area contributed by atoms with E-state index in [4.69, 9.17) is 16.6 Å². The van der Waals surface area contributed by atoms with Crippen molar-refractivity contribution in [2.24, 2.45) is 11.5 Å². The van der Waals surface area contributed by atoms with Gasteiger partial charge < -0.3 is 22.1 Å². The molecule has 5 nitrogen and oxygen atoms in total. The molecule has 0 unspecified atom stereocenters. The van der Waals surface area contributed by atoms with Crippen LogP contribution >= 0.6 is 0 Å². The number of carbonyl (C=O) groups is 1. The highest BCUT2D eigenvalue weighted by Crippen LogP contribution is 2.01. The van der Waals surface area contributed by atoms with E-state index in [2.05, 4.69) is 0 Å². The van der Waals surface area contributed by atoms with E-state index in [-0.39, 0.29) is 11.9 Å². The molecule has 0 bridgehead atoms. The zero-order chi connectivity index (χ0) is 7.49. The van der Waals surface area contributed by atoms with E-state index in [1.165, 1.54) is 0 Å². The lowest BCUT2D eigenvalue weighted by atomic mass is 10.1. The Morgan fingerprint density at radius 2 is 2.00 bits per heavy atom. The molecular formula is C5H14N2O3. The van der Waals surface area contributed by atoms with Crippen molar-refractivity contribution in [2.45, 2.75) is 25.4 Å². The van der Waals surface area contributed by atoms with E-state index >= 15 is 0 Å². The molecule has 10 heavy (non-hydrogen) atoms. The summed E-state index contributed by atoms with van der Waals surface area (Å²) in [5.74, 6) is -0.957. The third-order valence-corrected chi connectivity index (χ3v) is 1.14. The van der Waals surface area contributed by atoms with E-state index in [1.807, 2.05) is 0 Å². The summed E-state index contributed by atoms with van der Waals surface area (Å²) in [6.07, 6.45) is 0.294. The first-order chi connectivity index (χ1) is 3.98. The van der Waals surface area contributed by atoms with E-state index in [0.717, 1.165) is 0 Å². The van der Waals surface area contributed by atoms with Gasteiger partial charge in [0.1, 0.15) is 0 Å². The Morgan fingerprint density at radius 1 is 1.60 bits per heavy atom. The highest BCUT2D eigenvalue weighted by atomic mass is 16.4. The van der Waals surface area contributed by atoms with Crippen molar-refractivity contribution >= 4 is 5.97 Å². The molecule has 0 fully saturated rings. The Bertz CT molecular complexity index is 113. The van der Waals surface area contributed by atoms with Crippen LogP contribution in [-0.2, 0) is 4.79 Å². The molecule has 0 aliphatic carbocycles. The largest absolute Gasteiger partial charge is 0.481 e. The van der Waals surface area contributed by atoms with Gasteiger partial charge in [0.15, 0.2) is 0 Å². The highest BCUT2D eigenvalue weighted by Gasteiger charge is 2.19. The average Bonchev–Trinajstić information content (AvgIpc) is 1.63. The predicted molar refractivity (Wildman–Crippen MR) is 37.3 cm³/mol. The Labute approximate surface area is 59.3 Å². The molecule has 0 saturated carbocycles. The fraction of sp³-hybridized carbons (Fsp3) is 0.800. The third kappa shape index (κ3) is 5.49. The van der Waals surface area contributed by atoms with Gasteiger partial charge >= 0.3 is 5.97 Å². The summed E-state index contributed by atoms with van der Waals surface area (Å²) < 4.78 is 0. The molecule has 5 heteroatoms. The minimum atomic E-state index is -1.04. The Balaban J connectivity index is 0. The molecule has 62 valence electrons. The molecule has 0 aliphatic heterocycles. The first kappa shape index (κ1) is 12.1. The minimum absolute atomic E-state index is 0. The summed E-state index contributed by atoms with van der Waals surface area (Å²) in [5, 5.41) is 8.22. The zero-order valence-electron chi connectivity index (χ0n) is 5.92. The summed E-state index contributed by atoms with van der Waals surface area (Å²) >= 11 is 0. The number of rotatable bonds is 3. The molecule has 0 atom stereocenters. The second kappa shape index (κ2) is 4.21. The Kier molecular flexibility index (Phi) is 5.08. The van der Waals surface area contributed by atoms with Crippen LogP contribution in [0, 0.1) is 0 Å². The first-order valence-corrected chi connectivity index (χ1v) is 2.77. The number of hydrogen-bond acceptors (Lipinski definition) is 3. The summed E-state index contributed by atoms with van der Waals surface area (Å²) in [4.78, 5) is 10.0. The van der Waals surface area contributed by atoms with Gasteiger partial charge in [-0.2, -0.15) is 0 Å². The van der Waals surface area contributed by atoms with Gasteiger partial charge in [-0.25, -0.2) is 0 Å². The zero-order valence-corrected chi connectivity index (χ0v) is 5.92. The van der Waals surface area contributed by atoms with Crippen molar-refractivity contribution in [3.63, 3.8) is 0 Å². The van der Waals surface area contributed by atoms with E-state index in [9.17, 15) is 4.79 Å². The van der Waals surface area contributed by atoms with Crippen LogP contribution in [0.1, 0.15) is 19.8 Å². The summed E-state index contributed by atoms with van der Waals surface area (Å²) in [6.45, 7) is 1.75. The van der Waals surface area contributed by atoms with Crippen molar-refractivity contribution in [1.29, 1.82) is 0 Å². The normalized spacial score (nSPS) is 10.3. The van der Waals surface area contributed by atoms with Crippen molar-refractivity contribution in [1.82, 2.24) is 0 Å². The lowest BCUT2D eigenvalue weighted by Crippen LogP contribution is -2.50.